The molecule has 0 atom stereocenters. The Kier molecular flexibility index (Phi) is 5.90. The Morgan fingerprint density at radius 2 is 1.82 bits per heavy atom. The molecule has 0 bridgehead atoms. The molecule has 2 heterocycles. The smallest absolute Gasteiger partial charge is 0.191 e. The number of rotatable bonds is 5. The predicted molar refractivity (Wildman–Crippen MR) is 95.1 cm³/mol. The van der Waals surface area contributed by atoms with E-state index in [1.54, 1.807) is 29.7 Å². The van der Waals surface area contributed by atoms with Crippen molar-refractivity contribution in [1.29, 1.82) is 0 Å². The van der Waals surface area contributed by atoms with E-state index in [0.717, 1.165) is 40.3 Å². The van der Waals surface area contributed by atoms with E-state index in [4.69, 9.17) is 0 Å². The Bertz CT molecular complexity index is 637. The first-order chi connectivity index (χ1) is 10.5. The van der Waals surface area contributed by atoms with Crippen LogP contribution in [0.1, 0.15) is 31.2 Å². The molecular formula is C15H23N5S2. The van der Waals surface area contributed by atoms with Gasteiger partial charge in [0.05, 0.1) is 22.9 Å². The van der Waals surface area contributed by atoms with Crippen LogP contribution in [-0.4, -0.2) is 29.5 Å². The zero-order valence-corrected chi connectivity index (χ0v) is 15.4. The van der Waals surface area contributed by atoms with Gasteiger partial charge in [-0.05, 0) is 27.7 Å². The fourth-order valence-corrected chi connectivity index (χ4v) is 3.90. The van der Waals surface area contributed by atoms with Crippen LogP contribution in [0, 0.1) is 27.7 Å². The van der Waals surface area contributed by atoms with E-state index in [1.807, 2.05) is 13.8 Å². The summed E-state index contributed by atoms with van der Waals surface area (Å²) in [6, 6.07) is 0. The van der Waals surface area contributed by atoms with Crippen molar-refractivity contribution in [3.05, 3.63) is 31.2 Å². The van der Waals surface area contributed by atoms with Crippen LogP contribution in [0.5, 0.6) is 0 Å². The normalized spacial score (nSPS) is 11.8. The Labute approximate surface area is 139 Å². The van der Waals surface area contributed by atoms with Crippen molar-refractivity contribution in [2.75, 3.05) is 13.6 Å². The Hall–Kier alpha value is -1.47. The Balaban J connectivity index is 1.79. The molecule has 2 rings (SSSR count). The van der Waals surface area contributed by atoms with Gasteiger partial charge in [-0.25, -0.2) is 9.97 Å². The van der Waals surface area contributed by atoms with Crippen molar-refractivity contribution in [3.63, 3.8) is 0 Å². The second kappa shape index (κ2) is 7.69. The first-order valence-corrected chi connectivity index (χ1v) is 8.93. The van der Waals surface area contributed by atoms with E-state index < -0.39 is 0 Å². The summed E-state index contributed by atoms with van der Waals surface area (Å²) in [4.78, 5) is 15.8. The average molecular weight is 338 g/mol. The lowest BCUT2D eigenvalue weighted by Crippen LogP contribution is -2.37. The quantitative estimate of drug-likeness (QED) is 0.650. The van der Waals surface area contributed by atoms with E-state index in [0.29, 0.717) is 6.54 Å². The molecule has 0 fully saturated rings. The summed E-state index contributed by atoms with van der Waals surface area (Å²) in [5, 5.41) is 8.87. The first-order valence-electron chi connectivity index (χ1n) is 7.30. The van der Waals surface area contributed by atoms with Crippen molar-refractivity contribution >= 4 is 28.6 Å². The second-order valence-electron chi connectivity index (χ2n) is 5.09. The lowest BCUT2D eigenvalue weighted by Gasteiger charge is -2.10. The standard InChI is InChI=1S/C15H23N5S2/c1-9-11(3)21-14(20-9)8-18-15(16-5)17-7-6-13-10(2)19-12(4)22-13/h6-8H2,1-5H3,(H2,16,17,18). The maximum Gasteiger partial charge on any atom is 0.191 e. The molecule has 0 aliphatic heterocycles. The zero-order valence-electron chi connectivity index (χ0n) is 13.8. The van der Waals surface area contributed by atoms with Gasteiger partial charge in [-0.1, -0.05) is 0 Å². The highest BCUT2D eigenvalue weighted by Crippen LogP contribution is 2.17. The van der Waals surface area contributed by atoms with Crippen molar-refractivity contribution in [2.45, 2.75) is 40.7 Å². The van der Waals surface area contributed by atoms with Crippen LogP contribution in [-0.2, 0) is 13.0 Å². The molecule has 5 nitrogen and oxygen atoms in total. The lowest BCUT2D eigenvalue weighted by molar-refractivity contribution is 0.792. The van der Waals surface area contributed by atoms with Gasteiger partial charge in [-0.2, -0.15) is 0 Å². The van der Waals surface area contributed by atoms with E-state index in [2.05, 4.69) is 39.4 Å². The molecule has 0 saturated heterocycles. The third kappa shape index (κ3) is 4.51. The number of nitrogens with zero attached hydrogens (tertiary/aromatic N) is 3. The number of hydrogen-bond acceptors (Lipinski definition) is 5. The van der Waals surface area contributed by atoms with Crippen LogP contribution >= 0.6 is 22.7 Å². The summed E-state index contributed by atoms with van der Waals surface area (Å²) in [6.45, 7) is 9.81. The summed E-state index contributed by atoms with van der Waals surface area (Å²) in [5.41, 5.74) is 2.25. The van der Waals surface area contributed by atoms with E-state index in [-0.39, 0.29) is 0 Å². The van der Waals surface area contributed by atoms with Gasteiger partial charge in [0.15, 0.2) is 5.96 Å². The summed E-state index contributed by atoms with van der Waals surface area (Å²) in [5.74, 6) is 0.810. The molecule has 0 aliphatic carbocycles. The molecule has 22 heavy (non-hydrogen) atoms. The van der Waals surface area contributed by atoms with Crippen LogP contribution in [0.2, 0.25) is 0 Å². The van der Waals surface area contributed by atoms with Gasteiger partial charge in [0.1, 0.15) is 5.01 Å². The van der Waals surface area contributed by atoms with E-state index >= 15 is 0 Å². The minimum absolute atomic E-state index is 0.706. The van der Waals surface area contributed by atoms with Crippen molar-refractivity contribution in [2.24, 2.45) is 4.99 Å². The lowest BCUT2D eigenvalue weighted by atomic mass is 10.3. The van der Waals surface area contributed by atoms with Crippen molar-refractivity contribution < 1.29 is 0 Å². The van der Waals surface area contributed by atoms with Crippen LogP contribution < -0.4 is 10.6 Å². The fraction of sp³-hybridized carbons (Fsp3) is 0.533. The van der Waals surface area contributed by atoms with Gasteiger partial charge in [0, 0.05) is 29.8 Å². The molecule has 2 aromatic rings. The van der Waals surface area contributed by atoms with Crippen LogP contribution in [0.25, 0.3) is 0 Å². The molecule has 0 aromatic carbocycles. The van der Waals surface area contributed by atoms with Gasteiger partial charge in [0.25, 0.3) is 0 Å². The summed E-state index contributed by atoms with van der Waals surface area (Å²) >= 11 is 3.50. The maximum atomic E-state index is 4.53. The molecule has 0 spiro atoms. The van der Waals surface area contributed by atoms with Crippen molar-refractivity contribution in [1.82, 2.24) is 20.6 Å². The fourth-order valence-electron chi connectivity index (χ4n) is 2.09. The molecule has 0 saturated carbocycles. The highest BCUT2D eigenvalue weighted by molar-refractivity contribution is 7.11. The average Bonchev–Trinajstić information content (AvgIpc) is 2.96. The molecule has 0 unspecified atom stereocenters. The van der Waals surface area contributed by atoms with Gasteiger partial charge >= 0.3 is 0 Å². The molecule has 7 heteroatoms. The maximum absolute atomic E-state index is 4.53. The van der Waals surface area contributed by atoms with Gasteiger partial charge in [0.2, 0.25) is 0 Å². The molecule has 0 aliphatic rings. The third-order valence-corrected chi connectivity index (χ3v) is 5.55. The van der Waals surface area contributed by atoms with Gasteiger partial charge in [-0.3, -0.25) is 4.99 Å². The summed E-state index contributed by atoms with van der Waals surface area (Å²) < 4.78 is 0. The molecule has 0 radical (unpaired) electrons. The highest BCUT2D eigenvalue weighted by Gasteiger charge is 2.06. The van der Waals surface area contributed by atoms with Crippen LogP contribution in [0.15, 0.2) is 4.99 Å². The summed E-state index contributed by atoms with van der Waals surface area (Å²) in [6.07, 6.45) is 0.966. The molecule has 2 N–H and O–H groups in total. The van der Waals surface area contributed by atoms with Gasteiger partial charge in [-0.15, -0.1) is 22.7 Å². The monoisotopic (exact) mass is 337 g/mol. The van der Waals surface area contributed by atoms with Crippen LogP contribution in [0.3, 0.4) is 0 Å². The zero-order chi connectivity index (χ0) is 16.1. The van der Waals surface area contributed by atoms with Gasteiger partial charge < -0.3 is 10.6 Å². The number of aryl methyl sites for hydroxylation is 4. The number of aromatic nitrogens is 2. The third-order valence-electron chi connectivity index (χ3n) is 3.35. The number of thiazole rings is 2. The first kappa shape index (κ1) is 16.9. The summed E-state index contributed by atoms with van der Waals surface area (Å²) in [7, 11) is 1.79. The molecule has 120 valence electrons. The van der Waals surface area contributed by atoms with Crippen molar-refractivity contribution in [3.8, 4) is 0 Å². The number of nitrogens with one attached hydrogen (secondary N) is 2. The molecular weight excluding hydrogens is 314 g/mol. The topological polar surface area (TPSA) is 62.2 Å². The highest BCUT2D eigenvalue weighted by atomic mass is 32.1. The second-order valence-corrected chi connectivity index (χ2v) is 7.67. The van der Waals surface area contributed by atoms with E-state index in [9.17, 15) is 0 Å². The minimum atomic E-state index is 0.706. The van der Waals surface area contributed by atoms with E-state index in [1.165, 1.54) is 9.75 Å². The number of hydrogen-bond donors (Lipinski definition) is 2. The number of guanidine groups is 1. The predicted octanol–water partition coefficient (Wildman–Crippen LogP) is 2.74. The largest absolute Gasteiger partial charge is 0.356 e. The van der Waals surface area contributed by atoms with Crippen LogP contribution in [0.4, 0.5) is 0 Å². The SMILES string of the molecule is CN=C(NCCc1sc(C)nc1C)NCc1nc(C)c(C)s1. The number of aliphatic imine (C=N–C) groups is 1. The minimum Gasteiger partial charge on any atom is -0.356 e. The Morgan fingerprint density at radius 1 is 1.05 bits per heavy atom. The molecule has 0 amide bonds. The molecule has 2 aromatic heterocycles. The Morgan fingerprint density at radius 3 is 2.36 bits per heavy atom.